The van der Waals surface area contributed by atoms with Gasteiger partial charge in [0.2, 0.25) is 13.2 Å². The summed E-state index contributed by atoms with van der Waals surface area (Å²) in [7, 11) is 1.63. The summed E-state index contributed by atoms with van der Waals surface area (Å²) in [5, 5.41) is 0. The van der Waals surface area contributed by atoms with E-state index in [4.69, 9.17) is 23.9 Å². The van der Waals surface area contributed by atoms with Crippen molar-refractivity contribution in [2.75, 3.05) is 18.8 Å². The molecule has 0 aliphatic carbocycles. The Hall–Kier alpha value is -4.20. The summed E-state index contributed by atoms with van der Waals surface area (Å²) in [6.45, 7) is 3.02. The fourth-order valence-electron chi connectivity index (χ4n) is 4.01. The van der Waals surface area contributed by atoms with Crippen molar-refractivity contribution < 1.29 is 23.7 Å². The van der Waals surface area contributed by atoms with E-state index in [2.05, 4.69) is 0 Å². The number of ether oxygens (including phenoxy) is 4. The number of amides is 1. The molecule has 0 saturated heterocycles. The van der Waals surface area contributed by atoms with Crippen LogP contribution in [0.3, 0.4) is 0 Å². The van der Waals surface area contributed by atoms with Crippen LogP contribution in [-0.4, -0.2) is 29.7 Å². The Labute approximate surface area is 197 Å². The summed E-state index contributed by atoms with van der Waals surface area (Å²) in [4.78, 5) is 18.6. The van der Waals surface area contributed by atoms with Gasteiger partial charge >= 0.3 is 0 Å². The van der Waals surface area contributed by atoms with E-state index in [0.29, 0.717) is 31.0 Å². The molecule has 8 nitrogen and oxygen atoms in total. The SMILES string of the molecule is CCc1nc2c(OCc3ccc4c(c3)OCO4)cccn2c1N(C=O)Cc1ccc(OC)cc1. The number of rotatable bonds is 9. The molecule has 1 aliphatic heterocycles. The molecule has 1 aliphatic rings. The Kier molecular flexibility index (Phi) is 5.95. The van der Waals surface area contributed by atoms with Crippen molar-refractivity contribution >= 4 is 17.9 Å². The number of anilines is 1. The molecule has 1 amide bonds. The summed E-state index contributed by atoms with van der Waals surface area (Å²) in [6.07, 6.45) is 3.41. The Morgan fingerprint density at radius 2 is 1.88 bits per heavy atom. The third-order valence-corrected chi connectivity index (χ3v) is 5.74. The molecule has 8 heteroatoms. The quantitative estimate of drug-likeness (QED) is 0.346. The van der Waals surface area contributed by atoms with E-state index in [1.165, 1.54) is 0 Å². The second kappa shape index (κ2) is 9.35. The molecule has 0 radical (unpaired) electrons. The number of benzene rings is 2. The molecular formula is C26H25N3O5. The highest BCUT2D eigenvalue weighted by Gasteiger charge is 2.20. The van der Waals surface area contributed by atoms with Crippen LogP contribution in [0, 0.1) is 0 Å². The maximum atomic E-state index is 12.1. The van der Waals surface area contributed by atoms with E-state index in [1.807, 2.05) is 72.1 Å². The van der Waals surface area contributed by atoms with Crippen molar-refractivity contribution in [3.8, 4) is 23.0 Å². The van der Waals surface area contributed by atoms with Crippen LogP contribution in [-0.2, 0) is 24.4 Å². The maximum absolute atomic E-state index is 12.1. The van der Waals surface area contributed by atoms with Crippen LogP contribution in [0.25, 0.3) is 5.65 Å². The average molecular weight is 460 g/mol. The lowest BCUT2D eigenvalue weighted by molar-refractivity contribution is -0.107. The molecule has 174 valence electrons. The van der Waals surface area contributed by atoms with Gasteiger partial charge in [-0.25, -0.2) is 4.98 Å². The number of carbonyl (C=O) groups excluding carboxylic acids is 1. The van der Waals surface area contributed by atoms with Gasteiger partial charge in [0.05, 0.1) is 19.3 Å². The highest BCUT2D eigenvalue weighted by Crippen LogP contribution is 2.33. The Balaban J connectivity index is 1.43. The zero-order chi connectivity index (χ0) is 23.5. The normalized spacial score (nSPS) is 12.1. The summed E-state index contributed by atoms with van der Waals surface area (Å²) in [5.74, 6) is 3.60. The molecule has 34 heavy (non-hydrogen) atoms. The van der Waals surface area contributed by atoms with Gasteiger partial charge < -0.3 is 18.9 Å². The summed E-state index contributed by atoms with van der Waals surface area (Å²) < 4.78 is 24.1. The minimum absolute atomic E-state index is 0.235. The molecule has 2 aromatic carbocycles. The van der Waals surface area contributed by atoms with Crippen molar-refractivity contribution in [2.45, 2.75) is 26.5 Å². The van der Waals surface area contributed by atoms with E-state index in [9.17, 15) is 4.79 Å². The number of fused-ring (bicyclic) bond motifs is 2. The average Bonchev–Trinajstić information content (AvgIpc) is 3.50. The number of aryl methyl sites for hydroxylation is 1. The molecule has 0 atom stereocenters. The van der Waals surface area contributed by atoms with Crippen molar-refractivity contribution in [3.05, 3.63) is 77.6 Å². The number of nitrogens with zero attached hydrogens (tertiary/aromatic N) is 3. The fraction of sp³-hybridized carbons (Fsp3) is 0.231. The van der Waals surface area contributed by atoms with E-state index in [-0.39, 0.29) is 6.79 Å². The van der Waals surface area contributed by atoms with E-state index in [0.717, 1.165) is 46.3 Å². The first-order valence-electron chi connectivity index (χ1n) is 11.1. The molecule has 2 aromatic heterocycles. The predicted molar refractivity (Wildman–Crippen MR) is 127 cm³/mol. The number of hydrogen-bond donors (Lipinski definition) is 0. The lowest BCUT2D eigenvalue weighted by Crippen LogP contribution is -2.23. The van der Waals surface area contributed by atoms with Crippen LogP contribution in [0.5, 0.6) is 23.0 Å². The van der Waals surface area contributed by atoms with E-state index >= 15 is 0 Å². The lowest BCUT2D eigenvalue weighted by Gasteiger charge is -2.19. The third kappa shape index (κ3) is 4.10. The topological polar surface area (TPSA) is 74.5 Å². The summed E-state index contributed by atoms with van der Waals surface area (Å²) in [5.41, 5.74) is 3.43. The molecule has 0 bridgehead atoms. The smallest absolute Gasteiger partial charge is 0.231 e. The number of carbonyl (C=O) groups is 1. The molecule has 0 spiro atoms. The number of imidazole rings is 1. The standard InChI is InChI=1S/C26H25N3O5/c1-3-21-26(28(16-30)14-18-6-9-20(31-2)10-7-18)29-12-4-5-23(25(29)27-21)32-15-19-8-11-22-24(13-19)34-17-33-22/h4-13,16H,3,14-15,17H2,1-2H3. The number of aromatic nitrogens is 2. The summed E-state index contributed by atoms with van der Waals surface area (Å²) >= 11 is 0. The van der Waals surface area contributed by atoms with Gasteiger partial charge in [0.1, 0.15) is 18.2 Å². The number of methoxy groups -OCH3 is 1. The predicted octanol–water partition coefficient (Wildman–Crippen LogP) is 4.38. The molecule has 4 aromatic rings. The minimum atomic E-state index is 0.235. The molecule has 0 N–H and O–H groups in total. The molecular weight excluding hydrogens is 434 g/mol. The Morgan fingerprint density at radius 3 is 2.65 bits per heavy atom. The highest BCUT2D eigenvalue weighted by molar-refractivity contribution is 5.77. The molecule has 5 rings (SSSR count). The third-order valence-electron chi connectivity index (χ3n) is 5.74. The molecule has 0 unspecified atom stereocenters. The van der Waals surface area contributed by atoms with Crippen molar-refractivity contribution in [1.82, 2.24) is 9.38 Å². The van der Waals surface area contributed by atoms with Gasteiger partial charge in [0, 0.05) is 6.20 Å². The summed E-state index contributed by atoms with van der Waals surface area (Å²) in [6, 6.07) is 17.2. The first-order valence-corrected chi connectivity index (χ1v) is 11.1. The van der Waals surface area contributed by atoms with Gasteiger partial charge in [0.15, 0.2) is 22.9 Å². The van der Waals surface area contributed by atoms with E-state index in [1.54, 1.807) is 12.0 Å². The first-order chi connectivity index (χ1) is 16.7. The number of pyridine rings is 1. The van der Waals surface area contributed by atoms with Gasteiger partial charge in [-0.15, -0.1) is 0 Å². The maximum Gasteiger partial charge on any atom is 0.231 e. The van der Waals surface area contributed by atoms with Crippen LogP contribution in [0.4, 0.5) is 5.82 Å². The largest absolute Gasteiger partial charge is 0.497 e. The number of hydrogen-bond acceptors (Lipinski definition) is 6. The second-order valence-electron chi connectivity index (χ2n) is 7.86. The monoisotopic (exact) mass is 459 g/mol. The highest BCUT2D eigenvalue weighted by atomic mass is 16.7. The van der Waals surface area contributed by atoms with Crippen LogP contribution < -0.4 is 23.8 Å². The van der Waals surface area contributed by atoms with Gasteiger partial charge in [-0.2, -0.15) is 0 Å². The van der Waals surface area contributed by atoms with Crippen LogP contribution in [0.1, 0.15) is 23.7 Å². The van der Waals surface area contributed by atoms with Crippen LogP contribution in [0.2, 0.25) is 0 Å². The van der Waals surface area contributed by atoms with Gasteiger partial charge in [0.25, 0.3) is 0 Å². The zero-order valence-corrected chi connectivity index (χ0v) is 19.1. The first kappa shape index (κ1) is 21.6. The zero-order valence-electron chi connectivity index (χ0n) is 19.1. The lowest BCUT2D eigenvalue weighted by atomic mass is 10.2. The Morgan fingerprint density at radius 1 is 1.09 bits per heavy atom. The minimum Gasteiger partial charge on any atom is -0.497 e. The van der Waals surface area contributed by atoms with E-state index < -0.39 is 0 Å². The van der Waals surface area contributed by atoms with Crippen LogP contribution in [0.15, 0.2) is 60.8 Å². The molecule has 3 heterocycles. The second-order valence-corrected chi connectivity index (χ2v) is 7.86. The molecule has 0 fully saturated rings. The fourth-order valence-corrected chi connectivity index (χ4v) is 4.01. The van der Waals surface area contributed by atoms with Gasteiger partial charge in [-0.1, -0.05) is 25.1 Å². The Bertz CT molecular complexity index is 1320. The molecule has 0 saturated carbocycles. The van der Waals surface area contributed by atoms with Gasteiger partial charge in [-0.3, -0.25) is 14.1 Å². The van der Waals surface area contributed by atoms with Crippen molar-refractivity contribution in [2.24, 2.45) is 0 Å². The van der Waals surface area contributed by atoms with Crippen LogP contribution >= 0.6 is 0 Å². The van der Waals surface area contributed by atoms with Crippen molar-refractivity contribution in [3.63, 3.8) is 0 Å². The van der Waals surface area contributed by atoms with Gasteiger partial charge in [-0.05, 0) is 53.9 Å². The van der Waals surface area contributed by atoms with Crippen molar-refractivity contribution in [1.29, 1.82) is 0 Å².